The first-order valence-electron chi connectivity index (χ1n) is 7.88. The number of carbonyl (C=O) groups is 1. The first-order valence-corrected chi connectivity index (χ1v) is 9.77. The molecule has 0 saturated carbocycles. The van der Waals surface area contributed by atoms with Gasteiger partial charge in [0.15, 0.2) is 0 Å². The van der Waals surface area contributed by atoms with Crippen LogP contribution in [-0.2, 0) is 16.4 Å². The molecule has 1 aromatic carbocycles. The number of aromatic amines is 1. The maximum absolute atomic E-state index is 11.9. The lowest BCUT2D eigenvalue weighted by Gasteiger charge is -2.10. The molecule has 0 aliphatic carbocycles. The molecule has 0 bridgehead atoms. The molecule has 0 spiro atoms. The molecule has 4 N–H and O–H groups in total. The molecule has 1 heterocycles. The summed E-state index contributed by atoms with van der Waals surface area (Å²) in [5.41, 5.74) is 4.12. The van der Waals surface area contributed by atoms with Gasteiger partial charge in [0.1, 0.15) is 0 Å². The summed E-state index contributed by atoms with van der Waals surface area (Å²) in [6.45, 7) is 4.46. The number of urea groups is 1. The van der Waals surface area contributed by atoms with Gasteiger partial charge in [0.2, 0.25) is 10.0 Å². The number of carbonyl (C=O) groups excluding carboxylic acids is 1. The lowest BCUT2D eigenvalue weighted by molar-refractivity contribution is 0.252. The third-order valence-corrected chi connectivity index (χ3v) is 4.20. The Kier molecular flexibility index (Phi) is 6.02. The van der Waals surface area contributed by atoms with E-state index in [0.29, 0.717) is 17.9 Å². The van der Waals surface area contributed by atoms with Gasteiger partial charge in [0, 0.05) is 17.9 Å². The summed E-state index contributed by atoms with van der Waals surface area (Å²) in [5.74, 6) is 0. The van der Waals surface area contributed by atoms with E-state index in [9.17, 15) is 13.2 Å². The van der Waals surface area contributed by atoms with Crippen LogP contribution in [0, 0.1) is 13.8 Å². The van der Waals surface area contributed by atoms with Crippen LogP contribution in [0.25, 0.3) is 0 Å². The van der Waals surface area contributed by atoms with Crippen LogP contribution in [0.4, 0.5) is 16.2 Å². The zero-order valence-corrected chi connectivity index (χ0v) is 15.3. The lowest BCUT2D eigenvalue weighted by atomic mass is 10.1. The van der Waals surface area contributed by atoms with Crippen molar-refractivity contribution in [1.82, 2.24) is 15.5 Å². The highest BCUT2D eigenvalue weighted by atomic mass is 32.2. The van der Waals surface area contributed by atoms with Gasteiger partial charge in [0.25, 0.3) is 0 Å². The standard InChI is InChI=1S/C16H23N5O3S/c1-11-15(12(2)20-19-11)8-5-9-17-16(22)18-13-6-4-7-14(10-13)21-25(3,23)24/h4,6-7,10,21H,5,8-9H2,1-3H3,(H,19,20)(H2,17,18,22). The summed E-state index contributed by atoms with van der Waals surface area (Å²) in [4.78, 5) is 11.9. The highest BCUT2D eigenvalue weighted by Gasteiger charge is 2.07. The number of H-pyrrole nitrogens is 1. The quantitative estimate of drug-likeness (QED) is 0.563. The second kappa shape index (κ2) is 8.02. The number of sulfonamides is 1. The van der Waals surface area contributed by atoms with E-state index < -0.39 is 10.0 Å². The third kappa shape index (κ3) is 6.11. The highest BCUT2D eigenvalue weighted by Crippen LogP contribution is 2.16. The molecule has 2 amide bonds. The van der Waals surface area contributed by atoms with E-state index in [2.05, 4.69) is 25.6 Å². The summed E-state index contributed by atoms with van der Waals surface area (Å²) >= 11 is 0. The van der Waals surface area contributed by atoms with Gasteiger partial charge in [0.05, 0.1) is 17.6 Å². The fourth-order valence-electron chi connectivity index (χ4n) is 2.46. The molecule has 25 heavy (non-hydrogen) atoms. The Labute approximate surface area is 147 Å². The van der Waals surface area contributed by atoms with Crippen LogP contribution in [0.15, 0.2) is 24.3 Å². The zero-order valence-electron chi connectivity index (χ0n) is 14.5. The minimum atomic E-state index is -3.35. The van der Waals surface area contributed by atoms with Gasteiger partial charge in [-0.15, -0.1) is 0 Å². The fourth-order valence-corrected chi connectivity index (χ4v) is 3.01. The van der Waals surface area contributed by atoms with Crippen LogP contribution in [0.1, 0.15) is 23.4 Å². The largest absolute Gasteiger partial charge is 0.338 e. The summed E-state index contributed by atoms with van der Waals surface area (Å²) < 4.78 is 24.8. The molecule has 0 atom stereocenters. The smallest absolute Gasteiger partial charge is 0.319 e. The molecule has 0 unspecified atom stereocenters. The molecule has 0 aliphatic rings. The molecule has 136 valence electrons. The van der Waals surface area contributed by atoms with Gasteiger partial charge < -0.3 is 10.6 Å². The molecule has 9 heteroatoms. The molecule has 8 nitrogen and oxygen atoms in total. The second-order valence-electron chi connectivity index (χ2n) is 5.85. The molecular formula is C16H23N5O3S. The second-order valence-corrected chi connectivity index (χ2v) is 7.60. The number of aryl methyl sites for hydroxylation is 2. The Balaban J connectivity index is 1.79. The van der Waals surface area contributed by atoms with Crippen LogP contribution in [0.3, 0.4) is 0 Å². The van der Waals surface area contributed by atoms with Crippen LogP contribution >= 0.6 is 0 Å². The first kappa shape index (κ1) is 18.8. The van der Waals surface area contributed by atoms with Gasteiger partial charge >= 0.3 is 6.03 Å². The average Bonchev–Trinajstić information content (AvgIpc) is 2.81. The Bertz CT molecular complexity index is 826. The van der Waals surface area contributed by atoms with Crippen molar-refractivity contribution in [1.29, 1.82) is 0 Å². The maximum atomic E-state index is 11.9. The van der Waals surface area contributed by atoms with Crippen LogP contribution in [0.5, 0.6) is 0 Å². The molecule has 1 aromatic heterocycles. The summed E-state index contributed by atoms with van der Waals surface area (Å²) in [6, 6.07) is 6.18. The number of nitrogens with zero attached hydrogens (tertiary/aromatic N) is 1. The molecule has 0 saturated heterocycles. The molecule has 2 rings (SSSR count). The number of hydrogen-bond donors (Lipinski definition) is 4. The van der Waals surface area contributed by atoms with E-state index in [1.807, 2.05) is 13.8 Å². The van der Waals surface area contributed by atoms with Crippen molar-refractivity contribution in [2.45, 2.75) is 26.7 Å². The van der Waals surface area contributed by atoms with E-state index in [-0.39, 0.29) is 6.03 Å². The van der Waals surface area contributed by atoms with Crippen molar-refractivity contribution in [3.8, 4) is 0 Å². The summed E-state index contributed by atoms with van der Waals surface area (Å²) in [7, 11) is -3.35. The minimum absolute atomic E-state index is 0.336. The number of hydrogen-bond acceptors (Lipinski definition) is 4. The van der Waals surface area contributed by atoms with Crippen molar-refractivity contribution in [2.75, 3.05) is 22.8 Å². The van der Waals surface area contributed by atoms with Gasteiger partial charge in [-0.05, 0) is 50.5 Å². The van der Waals surface area contributed by atoms with Crippen molar-refractivity contribution in [3.63, 3.8) is 0 Å². The van der Waals surface area contributed by atoms with Gasteiger partial charge in [-0.2, -0.15) is 5.10 Å². The van der Waals surface area contributed by atoms with E-state index in [4.69, 9.17) is 0 Å². The van der Waals surface area contributed by atoms with E-state index in [1.165, 1.54) is 5.56 Å². The lowest BCUT2D eigenvalue weighted by Crippen LogP contribution is -2.29. The Morgan fingerprint density at radius 2 is 1.96 bits per heavy atom. The predicted molar refractivity (Wildman–Crippen MR) is 98.3 cm³/mol. The molecule has 0 aliphatic heterocycles. The van der Waals surface area contributed by atoms with Gasteiger partial charge in [-0.3, -0.25) is 9.82 Å². The van der Waals surface area contributed by atoms with Crippen molar-refractivity contribution < 1.29 is 13.2 Å². The normalized spacial score (nSPS) is 11.2. The topological polar surface area (TPSA) is 116 Å². The summed E-state index contributed by atoms with van der Waals surface area (Å²) in [6.07, 6.45) is 2.70. The summed E-state index contributed by atoms with van der Waals surface area (Å²) in [5, 5.41) is 12.6. The molecule has 0 radical (unpaired) electrons. The fraction of sp³-hybridized carbons (Fsp3) is 0.375. The van der Waals surface area contributed by atoms with Crippen molar-refractivity contribution in [3.05, 3.63) is 41.2 Å². The number of amides is 2. The SMILES string of the molecule is Cc1n[nH]c(C)c1CCCNC(=O)Nc1cccc(NS(C)(=O)=O)c1. The molecule has 2 aromatic rings. The minimum Gasteiger partial charge on any atom is -0.338 e. The number of anilines is 2. The Morgan fingerprint density at radius 1 is 1.24 bits per heavy atom. The first-order chi connectivity index (χ1) is 11.7. The van der Waals surface area contributed by atoms with Gasteiger partial charge in [-0.1, -0.05) is 6.07 Å². The van der Waals surface area contributed by atoms with Crippen molar-refractivity contribution >= 4 is 27.4 Å². The zero-order chi connectivity index (χ0) is 18.4. The van der Waals surface area contributed by atoms with Crippen LogP contribution in [-0.4, -0.2) is 37.4 Å². The maximum Gasteiger partial charge on any atom is 0.319 e. The monoisotopic (exact) mass is 365 g/mol. The Morgan fingerprint density at radius 3 is 2.60 bits per heavy atom. The van der Waals surface area contributed by atoms with Gasteiger partial charge in [-0.25, -0.2) is 13.2 Å². The van der Waals surface area contributed by atoms with Crippen LogP contribution in [0.2, 0.25) is 0 Å². The van der Waals surface area contributed by atoms with E-state index in [0.717, 1.165) is 30.5 Å². The third-order valence-electron chi connectivity index (χ3n) is 3.59. The number of aromatic nitrogens is 2. The molecule has 0 fully saturated rings. The number of benzene rings is 1. The van der Waals surface area contributed by atoms with Crippen LogP contribution < -0.4 is 15.4 Å². The average molecular weight is 365 g/mol. The Hall–Kier alpha value is -2.55. The predicted octanol–water partition coefficient (Wildman–Crippen LogP) is 2.15. The van der Waals surface area contributed by atoms with E-state index in [1.54, 1.807) is 24.3 Å². The number of nitrogens with one attached hydrogen (secondary N) is 4. The number of rotatable bonds is 7. The van der Waals surface area contributed by atoms with E-state index >= 15 is 0 Å². The molecular weight excluding hydrogens is 342 g/mol. The van der Waals surface area contributed by atoms with Crippen molar-refractivity contribution in [2.24, 2.45) is 0 Å². The highest BCUT2D eigenvalue weighted by molar-refractivity contribution is 7.92.